The molecule has 0 spiro atoms. The lowest BCUT2D eigenvalue weighted by atomic mass is 9.93. The minimum absolute atomic E-state index is 1.04. The van der Waals surface area contributed by atoms with Crippen LogP contribution >= 0.6 is 0 Å². The summed E-state index contributed by atoms with van der Waals surface area (Å²) < 4.78 is 0. The highest BCUT2D eigenvalue weighted by Gasteiger charge is 2.14. The topological polar surface area (TPSA) is 27.3 Å². The van der Waals surface area contributed by atoms with E-state index in [1.54, 1.807) is 0 Å². The van der Waals surface area contributed by atoms with Gasteiger partial charge in [0.15, 0.2) is 0 Å². The van der Waals surface area contributed by atoms with Gasteiger partial charge in [0.2, 0.25) is 0 Å². The molecule has 2 N–H and O–H groups in total. The molecule has 0 aliphatic rings. The van der Waals surface area contributed by atoms with E-state index in [0.29, 0.717) is 0 Å². The number of hydrogen-bond acceptors (Lipinski definition) is 3. The average molecular weight is 580 g/mol. The quantitative estimate of drug-likeness (QED) is 0.178. The average Bonchev–Trinajstić information content (AvgIpc) is 3.11. The summed E-state index contributed by atoms with van der Waals surface area (Å²) in [5.41, 5.74) is 12.2. The Balaban J connectivity index is 1.26. The molecule has 216 valence electrons. The van der Waals surface area contributed by atoms with Gasteiger partial charge in [0.25, 0.3) is 0 Å². The maximum atomic E-state index is 3.58. The number of anilines is 7. The van der Waals surface area contributed by atoms with Crippen molar-refractivity contribution in [2.75, 3.05) is 15.5 Å². The molecule has 0 saturated carbocycles. The third-order valence-electron chi connectivity index (χ3n) is 7.81. The van der Waals surface area contributed by atoms with Gasteiger partial charge in [0.1, 0.15) is 0 Å². The fraction of sp³-hybridized carbons (Fsp3) is 0. The van der Waals surface area contributed by atoms with Crippen molar-refractivity contribution in [3.8, 4) is 22.3 Å². The molecule has 0 radical (unpaired) electrons. The van der Waals surface area contributed by atoms with E-state index in [2.05, 4.69) is 167 Å². The first-order chi connectivity index (χ1) is 22.3. The van der Waals surface area contributed by atoms with Crippen molar-refractivity contribution in [1.82, 2.24) is 0 Å². The van der Waals surface area contributed by atoms with Crippen molar-refractivity contribution < 1.29 is 0 Å². The lowest BCUT2D eigenvalue weighted by Gasteiger charge is -2.25. The van der Waals surface area contributed by atoms with Crippen LogP contribution in [0.3, 0.4) is 0 Å². The Morgan fingerprint density at radius 3 is 1.20 bits per heavy atom. The Kier molecular flexibility index (Phi) is 8.06. The normalized spacial score (nSPS) is 10.7. The van der Waals surface area contributed by atoms with Crippen LogP contribution in [0, 0.1) is 0 Å². The summed E-state index contributed by atoms with van der Waals surface area (Å²) in [5.74, 6) is 0. The molecule has 3 heteroatoms. The van der Waals surface area contributed by atoms with E-state index in [9.17, 15) is 0 Å². The van der Waals surface area contributed by atoms with Gasteiger partial charge in [-0.1, -0.05) is 103 Å². The largest absolute Gasteiger partial charge is 0.356 e. The Bertz CT molecular complexity index is 1920. The fourth-order valence-electron chi connectivity index (χ4n) is 5.61. The molecule has 0 bridgehead atoms. The van der Waals surface area contributed by atoms with Crippen LogP contribution in [-0.2, 0) is 0 Å². The predicted octanol–water partition coefficient (Wildman–Crippen LogP) is 12.0. The zero-order chi connectivity index (χ0) is 30.3. The number of benzene rings is 7. The molecule has 0 amide bonds. The van der Waals surface area contributed by atoms with Gasteiger partial charge in [-0.3, -0.25) is 0 Å². The van der Waals surface area contributed by atoms with Crippen LogP contribution < -0.4 is 15.5 Å². The van der Waals surface area contributed by atoms with Crippen molar-refractivity contribution in [3.63, 3.8) is 0 Å². The van der Waals surface area contributed by atoms with Crippen molar-refractivity contribution in [2.24, 2.45) is 0 Å². The number of rotatable bonds is 9. The SMILES string of the molecule is c1ccc(Nc2ccc(-c3ccc(Nc4ccccc4)cc3-c3ccc(N(c4ccccc4)c4ccccc4)cc3)cc2)cc1. The Morgan fingerprint density at radius 2 is 0.667 bits per heavy atom. The van der Waals surface area contributed by atoms with Gasteiger partial charge >= 0.3 is 0 Å². The van der Waals surface area contributed by atoms with E-state index in [1.807, 2.05) is 36.4 Å². The molecule has 3 nitrogen and oxygen atoms in total. The Hall–Kier alpha value is -6.06. The first-order valence-electron chi connectivity index (χ1n) is 15.2. The standard InChI is InChI=1S/C42H33N3/c1-5-13-34(14-6-1)43-36-25-21-32(22-26-36)41-30-27-37(44-35-15-7-2-8-16-35)31-42(41)33-23-28-40(29-24-33)45(38-17-9-3-10-18-38)39-19-11-4-12-20-39/h1-31,43-44H. The third kappa shape index (κ3) is 6.48. The van der Waals surface area contributed by atoms with Gasteiger partial charge < -0.3 is 15.5 Å². The van der Waals surface area contributed by atoms with Gasteiger partial charge in [0, 0.05) is 39.8 Å². The van der Waals surface area contributed by atoms with Crippen LogP contribution in [0.2, 0.25) is 0 Å². The summed E-state index contributed by atoms with van der Waals surface area (Å²) in [5, 5.41) is 7.08. The molecule has 0 aliphatic carbocycles. The minimum atomic E-state index is 1.04. The molecular formula is C42H33N3. The molecule has 7 aromatic rings. The number of para-hydroxylation sites is 4. The first-order valence-corrected chi connectivity index (χ1v) is 15.2. The molecule has 45 heavy (non-hydrogen) atoms. The second-order valence-corrected chi connectivity index (χ2v) is 10.9. The van der Waals surface area contributed by atoms with E-state index in [4.69, 9.17) is 0 Å². The van der Waals surface area contributed by atoms with Crippen molar-refractivity contribution in [1.29, 1.82) is 0 Å². The maximum Gasteiger partial charge on any atom is 0.0462 e. The number of nitrogens with one attached hydrogen (secondary N) is 2. The maximum absolute atomic E-state index is 3.58. The zero-order valence-electron chi connectivity index (χ0n) is 24.8. The summed E-state index contributed by atoms with van der Waals surface area (Å²) in [6.45, 7) is 0. The summed E-state index contributed by atoms with van der Waals surface area (Å²) in [4.78, 5) is 2.29. The Labute approximate surface area is 265 Å². The molecule has 0 atom stereocenters. The van der Waals surface area contributed by atoms with Gasteiger partial charge in [-0.05, 0) is 107 Å². The van der Waals surface area contributed by atoms with Gasteiger partial charge in [-0.2, -0.15) is 0 Å². The molecule has 7 aromatic carbocycles. The van der Waals surface area contributed by atoms with Crippen LogP contribution in [-0.4, -0.2) is 0 Å². The Morgan fingerprint density at radius 1 is 0.289 bits per heavy atom. The van der Waals surface area contributed by atoms with Crippen molar-refractivity contribution in [2.45, 2.75) is 0 Å². The van der Waals surface area contributed by atoms with E-state index >= 15 is 0 Å². The second-order valence-electron chi connectivity index (χ2n) is 10.9. The second kappa shape index (κ2) is 13.1. The van der Waals surface area contributed by atoms with Crippen LogP contribution in [0.15, 0.2) is 188 Å². The molecule has 0 saturated heterocycles. The highest BCUT2D eigenvalue weighted by atomic mass is 15.1. The highest BCUT2D eigenvalue weighted by Crippen LogP contribution is 2.39. The van der Waals surface area contributed by atoms with Crippen LogP contribution in [0.5, 0.6) is 0 Å². The highest BCUT2D eigenvalue weighted by molar-refractivity contribution is 5.88. The zero-order valence-corrected chi connectivity index (χ0v) is 24.8. The smallest absolute Gasteiger partial charge is 0.0462 e. The third-order valence-corrected chi connectivity index (χ3v) is 7.81. The summed E-state index contributed by atoms with van der Waals surface area (Å²) in [6.07, 6.45) is 0. The molecule has 0 aliphatic heterocycles. The van der Waals surface area contributed by atoms with Gasteiger partial charge in [0.05, 0.1) is 0 Å². The van der Waals surface area contributed by atoms with Crippen LogP contribution in [0.25, 0.3) is 22.3 Å². The fourth-order valence-corrected chi connectivity index (χ4v) is 5.61. The molecule has 0 unspecified atom stereocenters. The number of nitrogens with zero attached hydrogens (tertiary/aromatic N) is 1. The van der Waals surface area contributed by atoms with Crippen molar-refractivity contribution in [3.05, 3.63) is 188 Å². The lowest BCUT2D eigenvalue weighted by Crippen LogP contribution is -2.09. The molecule has 0 heterocycles. The molecule has 7 rings (SSSR count). The molecule has 0 fully saturated rings. The van der Waals surface area contributed by atoms with Gasteiger partial charge in [-0.25, -0.2) is 0 Å². The van der Waals surface area contributed by atoms with E-state index in [0.717, 1.165) is 56.5 Å². The van der Waals surface area contributed by atoms with E-state index < -0.39 is 0 Å². The predicted molar refractivity (Wildman–Crippen MR) is 191 cm³/mol. The van der Waals surface area contributed by atoms with Crippen LogP contribution in [0.4, 0.5) is 39.8 Å². The molecule has 0 aromatic heterocycles. The van der Waals surface area contributed by atoms with E-state index in [-0.39, 0.29) is 0 Å². The summed E-state index contributed by atoms with van der Waals surface area (Å²) in [6, 6.07) is 65.7. The van der Waals surface area contributed by atoms with Crippen molar-refractivity contribution >= 4 is 39.8 Å². The monoisotopic (exact) mass is 579 g/mol. The summed E-state index contributed by atoms with van der Waals surface area (Å²) in [7, 11) is 0. The summed E-state index contributed by atoms with van der Waals surface area (Å²) >= 11 is 0. The molecular weight excluding hydrogens is 546 g/mol. The van der Waals surface area contributed by atoms with Gasteiger partial charge in [-0.15, -0.1) is 0 Å². The lowest BCUT2D eigenvalue weighted by molar-refractivity contribution is 1.28. The first kappa shape index (κ1) is 27.8. The minimum Gasteiger partial charge on any atom is -0.356 e. The van der Waals surface area contributed by atoms with Crippen LogP contribution in [0.1, 0.15) is 0 Å². The van der Waals surface area contributed by atoms with E-state index in [1.165, 1.54) is 5.56 Å². The number of hydrogen-bond donors (Lipinski definition) is 2.